The first-order valence-electron chi connectivity index (χ1n) is 3.13. The number of aromatic nitrogens is 1. The SMILES string of the molecule is CC(N)Cc1scnc1N. The Hall–Kier alpha value is -0.610. The van der Waals surface area contributed by atoms with Crippen molar-refractivity contribution in [1.29, 1.82) is 0 Å². The predicted molar refractivity (Wildman–Crippen MR) is 43.9 cm³/mol. The Kier molecular flexibility index (Phi) is 2.24. The van der Waals surface area contributed by atoms with Crippen molar-refractivity contribution in [2.45, 2.75) is 19.4 Å². The average Bonchev–Trinajstić information content (AvgIpc) is 2.15. The molecule has 4 heteroatoms. The number of hydrogen-bond donors (Lipinski definition) is 2. The van der Waals surface area contributed by atoms with Gasteiger partial charge in [-0.3, -0.25) is 0 Å². The fourth-order valence-electron chi connectivity index (χ4n) is 0.724. The molecule has 1 unspecified atom stereocenters. The molecule has 0 aromatic carbocycles. The summed E-state index contributed by atoms with van der Waals surface area (Å²) >= 11 is 1.56. The molecule has 56 valence electrons. The maximum Gasteiger partial charge on any atom is 0.137 e. The van der Waals surface area contributed by atoms with E-state index in [0.717, 1.165) is 11.3 Å². The third kappa shape index (κ3) is 1.68. The lowest BCUT2D eigenvalue weighted by Gasteiger charge is -2.00. The summed E-state index contributed by atoms with van der Waals surface area (Å²) in [4.78, 5) is 5.00. The summed E-state index contributed by atoms with van der Waals surface area (Å²) in [5.41, 5.74) is 12.9. The van der Waals surface area contributed by atoms with Gasteiger partial charge in [0.1, 0.15) is 5.82 Å². The third-order valence-electron chi connectivity index (χ3n) is 1.18. The molecule has 10 heavy (non-hydrogen) atoms. The highest BCUT2D eigenvalue weighted by atomic mass is 32.1. The Morgan fingerprint density at radius 3 is 2.90 bits per heavy atom. The fourth-order valence-corrected chi connectivity index (χ4v) is 1.55. The molecule has 0 radical (unpaired) electrons. The van der Waals surface area contributed by atoms with Crippen LogP contribution in [0, 0.1) is 0 Å². The summed E-state index contributed by atoms with van der Waals surface area (Å²) in [6.07, 6.45) is 0.830. The third-order valence-corrected chi connectivity index (χ3v) is 2.05. The highest BCUT2D eigenvalue weighted by molar-refractivity contribution is 7.10. The second-order valence-electron chi connectivity index (χ2n) is 2.34. The number of nitrogen functional groups attached to an aromatic ring is 1. The molecule has 0 aliphatic carbocycles. The van der Waals surface area contributed by atoms with E-state index < -0.39 is 0 Å². The zero-order valence-electron chi connectivity index (χ0n) is 5.87. The van der Waals surface area contributed by atoms with E-state index in [1.165, 1.54) is 0 Å². The van der Waals surface area contributed by atoms with Crippen LogP contribution < -0.4 is 11.5 Å². The quantitative estimate of drug-likeness (QED) is 0.661. The van der Waals surface area contributed by atoms with Crippen molar-refractivity contribution in [2.24, 2.45) is 5.73 Å². The molecule has 0 spiro atoms. The molecule has 0 bridgehead atoms. The van der Waals surface area contributed by atoms with Gasteiger partial charge in [0.2, 0.25) is 0 Å². The van der Waals surface area contributed by atoms with Gasteiger partial charge in [-0.1, -0.05) is 0 Å². The van der Waals surface area contributed by atoms with E-state index in [9.17, 15) is 0 Å². The normalized spacial score (nSPS) is 13.4. The number of thiazole rings is 1. The van der Waals surface area contributed by atoms with E-state index in [1.54, 1.807) is 16.8 Å². The molecule has 0 aliphatic heterocycles. The molecule has 1 heterocycles. The topological polar surface area (TPSA) is 64.9 Å². The fraction of sp³-hybridized carbons (Fsp3) is 0.500. The Morgan fingerprint density at radius 2 is 2.50 bits per heavy atom. The van der Waals surface area contributed by atoms with Crippen LogP contribution in [-0.2, 0) is 6.42 Å². The molecule has 4 N–H and O–H groups in total. The van der Waals surface area contributed by atoms with Crippen molar-refractivity contribution < 1.29 is 0 Å². The first-order valence-corrected chi connectivity index (χ1v) is 4.01. The van der Waals surface area contributed by atoms with Gasteiger partial charge in [0.15, 0.2) is 0 Å². The molecular formula is C6H11N3S. The van der Waals surface area contributed by atoms with Crippen LogP contribution in [0.2, 0.25) is 0 Å². The maximum atomic E-state index is 5.58. The van der Waals surface area contributed by atoms with Crippen LogP contribution in [0.4, 0.5) is 5.82 Å². The van der Waals surface area contributed by atoms with Crippen molar-refractivity contribution in [3.8, 4) is 0 Å². The summed E-state index contributed by atoms with van der Waals surface area (Å²) < 4.78 is 0. The van der Waals surface area contributed by atoms with Crippen LogP contribution in [0.3, 0.4) is 0 Å². The molecule has 1 atom stereocenters. The van der Waals surface area contributed by atoms with Crippen LogP contribution in [0.25, 0.3) is 0 Å². The summed E-state index contributed by atoms with van der Waals surface area (Å²) in [7, 11) is 0. The second kappa shape index (κ2) is 2.98. The summed E-state index contributed by atoms with van der Waals surface area (Å²) in [6.45, 7) is 1.96. The van der Waals surface area contributed by atoms with Crippen molar-refractivity contribution in [1.82, 2.24) is 4.98 Å². The Balaban J connectivity index is 2.65. The van der Waals surface area contributed by atoms with Crippen LogP contribution >= 0.6 is 11.3 Å². The van der Waals surface area contributed by atoms with Gasteiger partial charge in [-0.2, -0.15) is 0 Å². The van der Waals surface area contributed by atoms with Crippen molar-refractivity contribution in [2.75, 3.05) is 5.73 Å². The number of hydrogen-bond acceptors (Lipinski definition) is 4. The Morgan fingerprint density at radius 1 is 1.80 bits per heavy atom. The number of nitrogens with zero attached hydrogens (tertiary/aromatic N) is 1. The first-order chi connectivity index (χ1) is 4.70. The van der Waals surface area contributed by atoms with Gasteiger partial charge in [-0.05, 0) is 6.92 Å². The van der Waals surface area contributed by atoms with Gasteiger partial charge in [-0.25, -0.2) is 4.98 Å². The van der Waals surface area contributed by atoms with Crippen LogP contribution in [0.5, 0.6) is 0 Å². The lowest BCUT2D eigenvalue weighted by atomic mass is 10.2. The zero-order valence-corrected chi connectivity index (χ0v) is 6.69. The van der Waals surface area contributed by atoms with Gasteiger partial charge in [0, 0.05) is 17.3 Å². The molecule has 0 amide bonds. The Labute approximate surface area is 64.1 Å². The minimum atomic E-state index is 0.169. The number of nitrogens with two attached hydrogens (primary N) is 2. The zero-order chi connectivity index (χ0) is 7.56. The minimum absolute atomic E-state index is 0.169. The van der Waals surface area contributed by atoms with E-state index >= 15 is 0 Å². The van der Waals surface area contributed by atoms with Gasteiger partial charge in [0.05, 0.1) is 5.51 Å². The molecule has 0 saturated heterocycles. The van der Waals surface area contributed by atoms with E-state index in [1.807, 2.05) is 6.92 Å². The largest absolute Gasteiger partial charge is 0.383 e. The molecule has 1 aromatic rings. The summed E-state index contributed by atoms with van der Waals surface area (Å²) in [5.74, 6) is 0.627. The Bertz CT molecular complexity index is 207. The van der Waals surface area contributed by atoms with E-state index in [-0.39, 0.29) is 6.04 Å². The maximum absolute atomic E-state index is 5.58. The molecule has 0 fully saturated rings. The number of rotatable bonds is 2. The standard InChI is InChI=1S/C6H11N3S/c1-4(7)2-5-6(8)9-3-10-5/h3-4H,2,7-8H2,1H3. The first kappa shape index (κ1) is 7.50. The van der Waals surface area contributed by atoms with Crippen LogP contribution in [-0.4, -0.2) is 11.0 Å². The van der Waals surface area contributed by atoms with Gasteiger partial charge >= 0.3 is 0 Å². The second-order valence-corrected chi connectivity index (χ2v) is 3.28. The summed E-state index contributed by atoms with van der Waals surface area (Å²) in [6, 6.07) is 0.169. The molecule has 0 saturated carbocycles. The molecular weight excluding hydrogens is 146 g/mol. The molecule has 3 nitrogen and oxygen atoms in total. The van der Waals surface area contributed by atoms with Gasteiger partial charge in [0.25, 0.3) is 0 Å². The van der Waals surface area contributed by atoms with E-state index in [4.69, 9.17) is 11.5 Å². The van der Waals surface area contributed by atoms with Crippen molar-refractivity contribution >= 4 is 17.2 Å². The average molecular weight is 157 g/mol. The predicted octanol–water partition coefficient (Wildman–Crippen LogP) is 0.615. The van der Waals surface area contributed by atoms with Crippen LogP contribution in [0.15, 0.2) is 5.51 Å². The highest BCUT2D eigenvalue weighted by Gasteiger charge is 2.03. The highest BCUT2D eigenvalue weighted by Crippen LogP contribution is 2.16. The molecule has 1 aromatic heterocycles. The lowest BCUT2D eigenvalue weighted by molar-refractivity contribution is 0.747. The molecule has 0 aliphatic rings. The van der Waals surface area contributed by atoms with Crippen molar-refractivity contribution in [3.05, 3.63) is 10.4 Å². The summed E-state index contributed by atoms with van der Waals surface area (Å²) in [5, 5.41) is 0. The monoisotopic (exact) mass is 157 g/mol. The van der Waals surface area contributed by atoms with E-state index in [0.29, 0.717) is 5.82 Å². The van der Waals surface area contributed by atoms with E-state index in [2.05, 4.69) is 4.98 Å². The smallest absolute Gasteiger partial charge is 0.137 e. The lowest BCUT2D eigenvalue weighted by Crippen LogP contribution is -2.17. The van der Waals surface area contributed by atoms with Gasteiger partial charge in [-0.15, -0.1) is 11.3 Å². The van der Waals surface area contributed by atoms with Crippen LogP contribution in [0.1, 0.15) is 11.8 Å². The van der Waals surface area contributed by atoms with Gasteiger partial charge < -0.3 is 11.5 Å². The minimum Gasteiger partial charge on any atom is -0.383 e. The molecule has 1 rings (SSSR count). The number of anilines is 1. The van der Waals surface area contributed by atoms with Crippen molar-refractivity contribution in [3.63, 3.8) is 0 Å².